The molecule has 0 amide bonds. The molecule has 0 spiro atoms. The molecule has 2 aliphatic rings. The average Bonchev–Trinajstić information content (AvgIpc) is 3.04. The van der Waals surface area contributed by atoms with E-state index < -0.39 is 10.0 Å². The van der Waals surface area contributed by atoms with Crippen molar-refractivity contribution in [1.82, 2.24) is 4.31 Å². The summed E-state index contributed by atoms with van der Waals surface area (Å²) in [5.41, 5.74) is 3.73. The summed E-state index contributed by atoms with van der Waals surface area (Å²) in [7, 11) is -2.15. The number of nitrogens with zero attached hydrogens (tertiary/aromatic N) is 1. The fourth-order valence-electron chi connectivity index (χ4n) is 3.65. The Morgan fingerprint density at radius 2 is 1.88 bits per heavy atom. The van der Waals surface area contributed by atoms with Gasteiger partial charge in [0.2, 0.25) is 10.0 Å². The number of ether oxygens (including phenoxy) is 1. The van der Waals surface area contributed by atoms with E-state index in [1.807, 2.05) is 39.0 Å². The van der Waals surface area contributed by atoms with Crippen molar-refractivity contribution in [3.8, 4) is 0 Å². The molecule has 1 aliphatic heterocycles. The molecule has 1 atom stereocenters. The minimum atomic E-state index is -3.54. The number of benzene rings is 1. The molecule has 1 aromatic rings. The number of carbonyl (C=O) groups excluding carboxylic acids is 1. The van der Waals surface area contributed by atoms with Gasteiger partial charge in [-0.15, -0.1) is 0 Å². The second-order valence-corrected chi connectivity index (χ2v) is 9.25. The Balaban J connectivity index is 1.89. The Bertz CT molecular complexity index is 879. The lowest BCUT2D eigenvalue weighted by molar-refractivity contribution is -0.136. The number of rotatable bonds is 4. The highest BCUT2D eigenvalue weighted by atomic mass is 32.2. The topological polar surface area (TPSA) is 63.7 Å². The summed E-state index contributed by atoms with van der Waals surface area (Å²) in [6, 6.07) is 6.92. The van der Waals surface area contributed by atoms with Crippen LogP contribution < -0.4 is 0 Å². The maximum absolute atomic E-state index is 13.0. The van der Waals surface area contributed by atoms with E-state index in [0.29, 0.717) is 30.0 Å². The fourth-order valence-corrected chi connectivity index (χ4v) is 5.13. The number of fused-ring (bicyclic) bond motifs is 1. The van der Waals surface area contributed by atoms with Crippen molar-refractivity contribution >= 4 is 16.0 Å². The smallest absolute Gasteiger partial charge is 0.334 e. The maximum atomic E-state index is 13.0. The third-order valence-electron chi connectivity index (χ3n) is 5.16. The van der Waals surface area contributed by atoms with Crippen molar-refractivity contribution < 1.29 is 17.9 Å². The summed E-state index contributed by atoms with van der Waals surface area (Å²) in [6.45, 7) is 6.77. The number of methoxy groups -OCH3 is 1. The number of esters is 1. The molecule has 1 heterocycles. The van der Waals surface area contributed by atoms with Crippen LogP contribution in [0.4, 0.5) is 0 Å². The van der Waals surface area contributed by atoms with Crippen LogP contribution in [0.1, 0.15) is 25.8 Å². The lowest BCUT2D eigenvalue weighted by Crippen LogP contribution is -2.29. The molecule has 0 radical (unpaired) electrons. The van der Waals surface area contributed by atoms with Gasteiger partial charge in [-0.2, -0.15) is 4.31 Å². The Labute approximate surface area is 155 Å². The van der Waals surface area contributed by atoms with Crippen LogP contribution in [0.25, 0.3) is 0 Å². The van der Waals surface area contributed by atoms with Gasteiger partial charge < -0.3 is 4.74 Å². The van der Waals surface area contributed by atoms with Gasteiger partial charge in [0.1, 0.15) is 0 Å². The van der Waals surface area contributed by atoms with E-state index in [4.69, 9.17) is 4.74 Å². The van der Waals surface area contributed by atoms with Crippen LogP contribution in [0.3, 0.4) is 0 Å². The first-order chi connectivity index (χ1) is 12.2. The van der Waals surface area contributed by atoms with Crippen molar-refractivity contribution in [3.63, 3.8) is 0 Å². The second kappa shape index (κ2) is 7.00. The molecule has 1 saturated heterocycles. The van der Waals surface area contributed by atoms with E-state index in [9.17, 15) is 13.2 Å². The van der Waals surface area contributed by atoms with E-state index in [1.165, 1.54) is 11.4 Å². The van der Waals surface area contributed by atoms with Gasteiger partial charge >= 0.3 is 5.97 Å². The van der Waals surface area contributed by atoms with Gasteiger partial charge in [-0.05, 0) is 48.5 Å². The van der Waals surface area contributed by atoms with E-state index in [0.717, 1.165) is 16.7 Å². The molecule has 0 bridgehead atoms. The lowest BCUT2D eigenvalue weighted by atomic mass is 9.81. The summed E-state index contributed by atoms with van der Waals surface area (Å²) in [5.74, 6) is -0.101. The summed E-state index contributed by atoms with van der Waals surface area (Å²) in [4.78, 5) is 12.5. The minimum absolute atomic E-state index is 0.0341. The zero-order chi connectivity index (χ0) is 19.1. The van der Waals surface area contributed by atoms with Crippen molar-refractivity contribution in [2.24, 2.45) is 11.8 Å². The maximum Gasteiger partial charge on any atom is 0.334 e. The van der Waals surface area contributed by atoms with E-state index in [2.05, 4.69) is 0 Å². The zero-order valence-electron chi connectivity index (χ0n) is 15.7. The number of carbonyl (C=O) groups is 1. The molecule has 1 aromatic carbocycles. The Morgan fingerprint density at radius 3 is 2.46 bits per heavy atom. The summed E-state index contributed by atoms with van der Waals surface area (Å²) in [5, 5.41) is 0. The largest absolute Gasteiger partial charge is 0.466 e. The van der Waals surface area contributed by atoms with Crippen LogP contribution >= 0.6 is 0 Å². The number of hydrogen-bond donors (Lipinski definition) is 0. The third-order valence-corrected chi connectivity index (χ3v) is 6.99. The zero-order valence-corrected chi connectivity index (χ0v) is 16.5. The van der Waals surface area contributed by atoms with Gasteiger partial charge in [-0.1, -0.05) is 37.6 Å². The number of hydrogen-bond acceptors (Lipinski definition) is 4. The van der Waals surface area contributed by atoms with E-state index in [1.54, 1.807) is 12.1 Å². The normalized spacial score (nSPS) is 21.0. The van der Waals surface area contributed by atoms with Gasteiger partial charge in [-0.3, -0.25) is 0 Å². The highest BCUT2D eigenvalue weighted by Gasteiger charge is 2.39. The molecule has 0 aromatic heterocycles. The monoisotopic (exact) mass is 375 g/mol. The van der Waals surface area contributed by atoms with E-state index in [-0.39, 0.29) is 17.8 Å². The molecular formula is C20H25NO4S. The number of aryl methyl sites for hydroxylation is 1. The SMILES string of the molecule is COC(=O)C1=C(C(C)C)C=C2CN(S(=O)(=O)c3ccc(C)cc3)CC2C1. The molecule has 3 rings (SSSR count). The van der Waals surface area contributed by atoms with Gasteiger partial charge in [0.25, 0.3) is 0 Å². The predicted octanol–water partition coefficient (Wildman–Crippen LogP) is 3.07. The van der Waals surface area contributed by atoms with Crippen LogP contribution in [-0.4, -0.2) is 38.9 Å². The van der Waals surface area contributed by atoms with Gasteiger partial charge in [0, 0.05) is 18.7 Å². The molecule has 5 nitrogen and oxygen atoms in total. The fraction of sp³-hybridized carbons (Fsp3) is 0.450. The first kappa shape index (κ1) is 18.9. The van der Waals surface area contributed by atoms with Crippen LogP contribution in [0.15, 0.2) is 52.0 Å². The Morgan fingerprint density at radius 1 is 1.23 bits per heavy atom. The quantitative estimate of drug-likeness (QED) is 0.759. The molecule has 1 aliphatic carbocycles. The highest BCUT2D eigenvalue weighted by molar-refractivity contribution is 7.89. The summed E-state index contributed by atoms with van der Waals surface area (Å²) >= 11 is 0. The van der Waals surface area contributed by atoms with Crippen LogP contribution in [0, 0.1) is 18.8 Å². The minimum Gasteiger partial charge on any atom is -0.466 e. The molecular weight excluding hydrogens is 350 g/mol. The molecule has 6 heteroatoms. The standard InChI is InChI=1S/C20H25NO4S/c1-13(2)18-9-15-11-21(12-16(15)10-19(18)20(22)25-4)26(23,24)17-7-5-14(3)6-8-17/h5-9,13,16H,10-12H2,1-4H3. The Kier molecular flexibility index (Phi) is 5.08. The van der Waals surface area contributed by atoms with Crippen LogP contribution in [0.5, 0.6) is 0 Å². The number of allylic oxidation sites excluding steroid dienone is 2. The first-order valence-corrected chi connectivity index (χ1v) is 10.3. The first-order valence-electron chi connectivity index (χ1n) is 8.82. The van der Waals surface area contributed by atoms with Crippen LogP contribution in [0.2, 0.25) is 0 Å². The van der Waals surface area contributed by atoms with Gasteiger partial charge in [-0.25, -0.2) is 13.2 Å². The Hall–Kier alpha value is -1.92. The molecule has 140 valence electrons. The van der Waals surface area contributed by atoms with Gasteiger partial charge in [0.15, 0.2) is 0 Å². The lowest BCUT2D eigenvalue weighted by Gasteiger charge is -2.23. The van der Waals surface area contributed by atoms with Crippen molar-refractivity contribution in [2.45, 2.75) is 32.1 Å². The van der Waals surface area contributed by atoms with E-state index >= 15 is 0 Å². The molecule has 1 unspecified atom stereocenters. The van der Waals surface area contributed by atoms with Gasteiger partial charge in [0.05, 0.1) is 12.0 Å². The average molecular weight is 375 g/mol. The van der Waals surface area contributed by atoms with Crippen LogP contribution in [-0.2, 0) is 19.6 Å². The predicted molar refractivity (Wildman–Crippen MR) is 100 cm³/mol. The second-order valence-electron chi connectivity index (χ2n) is 7.31. The van der Waals surface area contributed by atoms with Crippen molar-refractivity contribution in [1.29, 1.82) is 0 Å². The van der Waals surface area contributed by atoms with Crippen molar-refractivity contribution in [2.75, 3.05) is 20.2 Å². The summed E-state index contributed by atoms with van der Waals surface area (Å²) in [6.07, 6.45) is 2.54. The molecule has 1 fully saturated rings. The molecule has 26 heavy (non-hydrogen) atoms. The van der Waals surface area contributed by atoms with Crippen molar-refractivity contribution in [3.05, 3.63) is 52.6 Å². The molecule has 0 saturated carbocycles. The third kappa shape index (κ3) is 3.35. The molecule has 0 N–H and O–H groups in total. The highest BCUT2D eigenvalue weighted by Crippen LogP contribution is 2.39. The number of sulfonamides is 1. The summed E-state index contributed by atoms with van der Waals surface area (Å²) < 4.78 is 32.4.